The Bertz CT molecular complexity index is 480. The molecule has 0 saturated heterocycles. The zero-order valence-corrected chi connectivity index (χ0v) is 10.1. The molecule has 0 unspecified atom stereocenters. The lowest BCUT2D eigenvalue weighted by Crippen LogP contribution is -2.11. The van der Waals surface area contributed by atoms with E-state index in [-0.39, 0.29) is 0 Å². The number of aromatic nitrogens is 1. The summed E-state index contributed by atoms with van der Waals surface area (Å²) in [7, 11) is 1.65. The van der Waals surface area contributed by atoms with Crippen LogP contribution < -0.4 is 10.1 Å². The SMILES string of the molecule is CCNCc1cc(-c2cccc(OC)c2)on1. The first kappa shape index (κ1) is 11.7. The van der Waals surface area contributed by atoms with Gasteiger partial charge in [-0.2, -0.15) is 0 Å². The Labute approximate surface area is 101 Å². The van der Waals surface area contributed by atoms with Crippen molar-refractivity contribution in [1.29, 1.82) is 0 Å². The van der Waals surface area contributed by atoms with Crippen molar-refractivity contribution < 1.29 is 9.26 Å². The van der Waals surface area contributed by atoms with Crippen molar-refractivity contribution in [3.05, 3.63) is 36.0 Å². The van der Waals surface area contributed by atoms with Gasteiger partial charge in [0.1, 0.15) is 5.75 Å². The molecule has 0 aliphatic heterocycles. The van der Waals surface area contributed by atoms with E-state index in [1.807, 2.05) is 30.3 Å². The van der Waals surface area contributed by atoms with Crippen LogP contribution in [0.3, 0.4) is 0 Å². The minimum Gasteiger partial charge on any atom is -0.497 e. The number of nitrogens with zero attached hydrogens (tertiary/aromatic N) is 1. The maximum atomic E-state index is 5.30. The molecular weight excluding hydrogens is 216 g/mol. The summed E-state index contributed by atoms with van der Waals surface area (Å²) >= 11 is 0. The summed E-state index contributed by atoms with van der Waals surface area (Å²) in [5, 5.41) is 7.21. The van der Waals surface area contributed by atoms with Crippen LogP contribution in [0.25, 0.3) is 11.3 Å². The van der Waals surface area contributed by atoms with E-state index in [9.17, 15) is 0 Å². The molecule has 0 spiro atoms. The molecule has 17 heavy (non-hydrogen) atoms. The fourth-order valence-electron chi connectivity index (χ4n) is 1.56. The predicted molar refractivity (Wildman–Crippen MR) is 65.9 cm³/mol. The van der Waals surface area contributed by atoms with Gasteiger partial charge in [0.25, 0.3) is 0 Å². The second-order valence-electron chi connectivity index (χ2n) is 3.69. The number of methoxy groups -OCH3 is 1. The molecule has 0 aliphatic carbocycles. The molecule has 0 saturated carbocycles. The Hall–Kier alpha value is -1.81. The third-order valence-corrected chi connectivity index (χ3v) is 2.47. The second-order valence-corrected chi connectivity index (χ2v) is 3.69. The third kappa shape index (κ3) is 2.85. The molecule has 1 N–H and O–H groups in total. The van der Waals surface area contributed by atoms with E-state index in [1.165, 1.54) is 0 Å². The highest BCUT2D eigenvalue weighted by Crippen LogP contribution is 2.24. The standard InChI is InChI=1S/C13H16N2O2/c1-3-14-9-11-8-13(17-15-11)10-5-4-6-12(7-10)16-2/h4-8,14H,3,9H2,1-2H3. The Balaban J connectivity index is 2.18. The average molecular weight is 232 g/mol. The van der Waals surface area contributed by atoms with Crippen LogP contribution in [0.15, 0.2) is 34.9 Å². The molecule has 2 aromatic rings. The van der Waals surface area contributed by atoms with Crippen molar-refractivity contribution >= 4 is 0 Å². The Morgan fingerprint density at radius 2 is 2.24 bits per heavy atom. The molecule has 0 bridgehead atoms. The molecule has 0 amide bonds. The van der Waals surface area contributed by atoms with Crippen molar-refractivity contribution in [2.24, 2.45) is 0 Å². The van der Waals surface area contributed by atoms with Crippen LogP contribution in [-0.2, 0) is 6.54 Å². The van der Waals surface area contributed by atoms with Gasteiger partial charge in [0.2, 0.25) is 0 Å². The number of rotatable bonds is 5. The van der Waals surface area contributed by atoms with Crippen LogP contribution in [0.2, 0.25) is 0 Å². The van der Waals surface area contributed by atoms with Gasteiger partial charge in [-0.25, -0.2) is 0 Å². The third-order valence-electron chi connectivity index (χ3n) is 2.47. The molecule has 0 aliphatic rings. The predicted octanol–water partition coefficient (Wildman–Crippen LogP) is 2.46. The maximum absolute atomic E-state index is 5.30. The quantitative estimate of drug-likeness (QED) is 0.860. The highest BCUT2D eigenvalue weighted by molar-refractivity contribution is 5.59. The summed E-state index contributed by atoms with van der Waals surface area (Å²) in [5.41, 5.74) is 1.88. The first-order valence-corrected chi connectivity index (χ1v) is 5.64. The van der Waals surface area contributed by atoms with Gasteiger partial charge in [-0.3, -0.25) is 0 Å². The van der Waals surface area contributed by atoms with E-state index in [0.717, 1.165) is 35.9 Å². The van der Waals surface area contributed by atoms with Crippen LogP contribution in [-0.4, -0.2) is 18.8 Å². The molecular formula is C13H16N2O2. The van der Waals surface area contributed by atoms with E-state index in [4.69, 9.17) is 9.26 Å². The lowest BCUT2D eigenvalue weighted by Gasteiger charge is -2.00. The molecule has 2 rings (SSSR count). The molecule has 0 radical (unpaired) electrons. The summed E-state index contributed by atoms with van der Waals surface area (Å²) in [6.45, 7) is 3.70. The van der Waals surface area contributed by atoms with Crippen molar-refractivity contribution in [3.8, 4) is 17.1 Å². The molecule has 4 heteroatoms. The van der Waals surface area contributed by atoms with E-state index in [0.29, 0.717) is 0 Å². The lowest BCUT2D eigenvalue weighted by atomic mass is 10.1. The summed E-state index contributed by atoms with van der Waals surface area (Å²) in [4.78, 5) is 0. The molecule has 1 heterocycles. The van der Waals surface area contributed by atoms with Crippen LogP contribution in [0.4, 0.5) is 0 Å². The van der Waals surface area contributed by atoms with Gasteiger partial charge in [0.15, 0.2) is 5.76 Å². The van der Waals surface area contributed by atoms with Gasteiger partial charge >= 0.3 is 0 Å². The largest absolute Gasteiger partial charge is 0.497 e. The zero-order chi connectivity index (χ0) is 12.1. The maximum Gasteiger partial charge on any atom is 0.167 e. The first-order chi connectivity index (χ1) is 8.33. The van der Waals surface area contributed by atoms with Gasteiger partial charge in [0, 0.05) is 18.2 Å². The van der Waals surface area contributed by atoms with Crippen molar-refractivity contribution in [2.75, 3.05) is 13.7 Å². The Morgan fingerprint density at radius 3 is 3.00 bits per heavy atom. The van der Waals surface area contributed by atoms with Gasteiger partial charge < -0.3 is 14.6 Å². The second kappa shape index (κ2) is 5.50. The van der Waals surface area contributed by atoms with Gasteiger partial charge in [-0.15, -0.1) is 0 Å². The van der Waals surface area contributed by atoms with Crippen molar-refractivity contribution in [3.63, 3.8) is 0 Å². The van der Waals surface area contributed by atoms with Crippen LogP contribution in [0.5, 0.6) is 5.75 Å². The minimum atomic E-state index is 0.726. The lowest BCUT2D eigenvalue weighted by molar-refractivity contribution is 0.411. The van der Waals surface area contributed by atoms with Crippen LogP contribution in [0, 0.1) is 0 Å². The summed E-state index contributed by atoms with van der Waals surface area (Å²) in [6, 6.07) is 9.68. The van der Waals surface area contributed by atoms with E-state index >= 15 is 0 Å². The Kier molecular flexibility index (Phi) is 3.77. The van der Waals surface area contributed by atoms with Gasteiger partial charge in [-0.05, 0) is 18.7 Å². The molecule has 0 atom stereocenters. The average Bonchev–Trinajstić information content (AvgIpc) is 2.85. The first-order valence-electron chi connectivity index (χ1n) is 5.64. The molecule has 1 aromatic carbocycles. The molecule has 90 valence electrons. The topological polar surface area (TPSA) is 47.3 Å². The highest BCUT2D eigenvalue weighted by atomic mass is 16.5. The van der Waals surface area contributed by atoms with E-state index < -0.39 is 0 Å². The molecule has 0 fully saturated rings. The zero-order valence-electron chi connectivity index (χ0n) is 10.1. The summed E-state index contributed by atoms with van der Waals surface area (Å²) < 4.78 is 10.5. The number of nitrogens with one attached hydrogen (secondary N) is 1. The normalized spacial score (nSPS) is 10.5. The fraction of sp³-hybridized carbons (Fsp3) is 0.308. The molecule has 1 aromatic heterocycles. The minimum absolute atomic E-state index is 0.726. The number of hydrogen-bond acceptors (Lipinski definition) is 4. The summed E-state index contributed by atoms with van der Waals surface area (Å²) in [5.74, 6) is 1.57. The van der Waals surface area contributed by atoms with Crippen LogP contribution in [0.1, 0.15) is 12.6 Å². The summed E-state index contributed by atoms with van der Waals surface area (Å²) in [6.07, 6.45) is 0. The van der Waals surface area contributed by atoms with Crippen molar-refractivity contribution in [1.82, 2.24) is 10.5 Å². The van der Waals surface area contributed by atoms with E-state index in [1.54, 1.807) is 7.11 Å². The fourth-order valence-corrected chi connectivity index (χ4v) is 1.56. The van der Waals surface area contributed by atoms with E-state index in [2.05, 4.69) is 17.4 Å². The number of hydrogen-bond donors (Lipinski definition) is 1. The number of ether oxygens (including phenoxy) is 1. The Morgan fingerprint density at radius 1 is 1.35 bits per heavy atom. The smallest absolute Gasteiger partial charge is 0.167 e. The highest BCUT2D eigenvalue weighted by Gasteiger charge is 2.06. The van der Waals surface area contributed by atoms with Crippen molar-refractivity contribution in [2.45, 2.75) is 13.5 Å². The molecule has 4 nitrogen and oxygen atoms in total. The number of benzene rings is 1. The van der Waals surface area contributed by atoms with Gasteiger partial charge in [-0.1, -0.05) is 24.2 Å². The monoisotopic (exact) mass is 232 g/mol. The van der Waals surface area contributed by atoms with Gasteiger partial charge in [0.05, 0.1) is 12.8 Å². The van der Waals surface area contributed by atoms with Crippen LogP contribution >= 0.6 is 0 Å².